The molecule has 0 aliphatic carbocycles. The Morgan fingerprint density at radius 1 is 1.04 bits per heavy atom. The summed E-state index contributed by atoms with van der Waals surface area (Å²) in [5.41, 5.74) is 1.96. The van der Waals surface area contributed by atoms with Crippen LogP contribution in [-0.4, -0.2) is 15.3 Å². The van der Waals surface area contributed by atoms with E-state index in [1.807, 2.05) is 19.1 Å². The standard InChI is InChI=1S/C21H15F2N3O/c1-13-6-2-3-7-15(13)21(27)25-20-19(16-12-14(22)9-10-17(16)23)24-18-8-4-5-11-26(18)20/h2-12H,1H3,(H,25,27). The van der Waals surface area contributed by atoms with Crippen LogP contribution in [0.3, 0.4) is 0 Å². The number of aryl methyl sites for hydroxylation is 1. The molecule has 2 aromatic heterocycles. The van der Waals surface area contributed by atoms with Gasteiger partial charge in [0.15, 0.2) is 0 Å². The van der Waals surface area contributed by atoms with E-state index in [1.165, 1.54) is 0 Å². The van der Waals surface area contributed by atoms with E-state index in [2.05, 4.69) is 10.3 Å². The minimum absolute atomic E-state index is 0.0150. The Labute approximate surface area is 154 Å². The van der Waals surface area contributed by atoms with Gasteiger partial charge >= 0.3 is 0 Å². The number of nitrogens with one attached hydrogen (secondary N) is 1. The third kappa shape index (κ3) is 3.06. The van der Waals surface area contributed by atoms with Crippen LogP contribution >= 0.6 is 0 Å². The average molecular weight is 363 g/mol. The Kier molecular flexibility index (Phi) is 4.16. The van der Waals surface area contributed by atoms with Crippen LogP contribution in [0.2, 0.25) is 0 Å². The van der Waals surface area contributed by atoms with Gasteiger partial charge in [0.05, 0.1) is 0 Å². The van der Waals surface area contributed by atoms with Crippen LogP contribution in [0.4, 0.5) is 14.6 Å². The molecule has 1 amide bonds. The Bertz CT molecular complexity index is 1170. The monoisotopic (exact) mass is 363 g/mol. The number of anilines is 1. The van der Waals surface area contributed by atoms with Crippen LogP contribution in [0.25, 0.3) is 16.9 Å². The summed E-state index contributed by atoms with van der Waals surface area (Å²) in [6, 6.07) is 15.6. The average Bonchev–Trinajstić information content (AvgIpc) is 3.02. The van der Waals surface area contributed by atoms with Gasteiger partial charge in [-0.2, -0.15) is 0 Å². The van der Waals surface area contributed by atoms with Crippen LogP contribution in [0, 0.1) is 18.6 Å². The molecule has 0 fully saturated rings. The molecule has 0 aliphatic rings. The smallest absolute Gasteiger partial charge is 0.257 e. The van der Waals surface area contributed by atoms with E-state index >= 15 is 0 Å². The lowest BCUT2D eigenvalue weighted by atomic mass is 10.1. The van der Waals surface area contributed by atoms with Crippen molar-refractivity contribution < 1.29 is 13.6 Å². The Morgan fingerprint density at radius 2 is 1.81 bits per heavy atom. The van der Waals surface area contributed by atoms with Crippen molar-refractivity contribution in [2.45, 2.75) is 6.92 Å². The molecule has 0 saturated carbocycles. The first-order valence-corrected chi connectivity index (χ1v) is 8.34. The lowest BCUT2D eigenvalue weighted by Crippen LogP contribution is -2.15. The van der Waals surface area contributed by atoms with Crippen molar-refractivity contribution in [2.24, 2.45) is 0 Å². The second-order valence-corrected chi connectivity index (χ2v) is 6.13. The molecule has 134 valence electrons. The number of carbonyl (C=O) groups is 1. The van der Waals surface area contributed by atoms with E-state index in [-0.39, 0.29) is 23.0 Å². The highest BCUT2D eigenvalue weighted by molar-refractivity contribution is 6.06. The maximum Gasteiger partial charge on any atom is 0.257 e. The van der Waals surface area contributed by atoms with Gasteiger partial charge in [0.25, 0.3) is 5.91 Å². The highest BCUT2D eigenvalue weighted by Crippen LogP contribution is 2.31. The third-order valence-corrected chi connectivity index (χ3v) is 4.34. The number of carbonyl (C=O) groups excluding carboxylic acids is 1. The second kappa shape index (κ2) is 6.64. The molecule has 0 spiro atoms. The molecule has 0 radical (unpaired) electrons. The van der Waals surface area contributed by atoms with Crippen LogP contribution < -0.4 is 5.32 Å². The number of amides is 1. The summed E-state index contributed by atoms with van der Waals surface area (Å²) in [5.74, 6) is -1.27. The summed E-state index contributed by atoms with van der Waals surface area (Å²) >= 11 is 0. The molecule has 2 heterocycles. The van der Waals surface area contributed by atoms with Crippen molar-refractivity contribution >= 4 is 17.4 Å². The predicted molar refractivity (Wildman–Crippen MR) is 99.7 cm³/mol. The van der Waals surface area contributed by atoms with E-state index in [1.54, 1.807) is 40.9 Å². The molecular weight excluding hydrogens is 348 g/mol. The summed E-state index contributed by atoms with van der Waals surface area (Å²) in [5, 5.41) is 2.81. The SMILES string of the molecule is Cc1ccccc1C(=O)Nc1c(-c2cc(F)ccc2F)nc2ccccn12. The zero-order valence-electron chi connectivity index (χ0n) is 14.4. The Hall–Kier alpha value is -3.54. The summed E-state index contributed by atoms with van der Waals surface area (Å²) in [6.45, 7) is 1.83. The number of hydrogen-bond donors (Lipinski definition) is 1. The summed E-state index contributed by atoms with van der Waals surface area (Å²) in [7, 11) is 0. The zero-order chi connectivity index (χ0) is 19.0. The molecule has 4 aromatic rings. The van der Waals surface area contributed by atoms with Gasteiger partial charge in [-0.05, 0) is 48.9 Å². The van der Waals surface area contributed by atoms with Crippen molar-refractivity contribution in [3.05, 3.63) is 89.6 Å². The summed E-state index contributed by atoms with van der Waals surface area (Å²) in [4.78, 5) is 17.2. The normalized spacial score (nSPS) is 10.9. The lowest BCUT2D eigenvalue weighted by molar-refractivity contribution is 0.102. The van der Waals surface area contributed by atoms with E-state index in [4.69, 9.17) is 0 Å². The first kappa shape index (κ1) is 16.9. The van der Waals surface area contributed by atoms with Crippen molar-refractivity contribution in [3.63, 3.8) is 0 Å². The molecule has 0 aliphatic heterocycles. The maximum atomic E-state index is 14.4. The summed E-state index contributed by atoms with van der Waals surface area (Å²) < 4.78 is 29.7. The summed E-state index contributed by atoms with van der Waals surface area (Å²) in [6.07, 6.45) is 1.70. The molecule has 0 saturated heterocycles. The van der Waals surface area contributed by atoms with Crippen LogP contribution in [0.15, 0.2) is 66.9 Å². The fourth-order valence-electron chi connectivity index (χ4n) is 2.98. The van der Waals surface area contributed by atoms with E-state index in [0.717, 1.165) is 23.8 Å². The first-order valence-electron chi connectivity index (χ1n) is 8.34. The van der Waals surface area contributed by atoms with Gasteiger partial charge < -0.3 is 5.32 Å². The number of benzene rings is 2. The second-order valence-electron chi connectivity index (χ2n) is 6.13. The topological polar surface area (TPSA) is 46.4 Å². The molecule has 4 nitrogen and oxygen atoms in total. The van der Waals surface area contributed by atoms with Gasteiger partial charge in [-0.3, -0.25) is 9.20 Å². The predicted octanol–water partition coefficient (Wildman–Crippen LogP) is 4.84. The number of nitrogens with zero attached hydrogens (tertiary/aromatic N) is 2. The Balaban J connectivity index is 1.88. The highest BCUT2D eigenvalue weighted by Gasteiger charge is 2.20. The zero-order valence-corrected chi connectivity index (χ0v) is 14.4. The molecule has 27 heavy (non-hydrogen) atoms. The van der Waals surface area contributed by atoms with Crippen molar-refractivity contribution in [2.75, 3.05) is 5.32 Å². The Morgan fingerprint density at radius 3 is 2.63 bits per heavy atom. The minimum atomic E-state index is -0.619. The van der Waals surface area contributed by atoms with Gasteiger partial charge in [-0.25, -0.2) is 13.8 Å². The van der Waals surface area contributed by atoms with Crippen LogP contribution in [-0.2, 0) is 0 Å². The number of aromatic nitrogens is 2. The van der Waals surface area contributed by atoms with Crippen LogP contribution in [0.1, 0.15) is 15.9 Å². The largest absolute Gasteiger partial charge is 0.306 e. The number of fused-ring (bicyclic) bond motifs is 1. The number of hydrogen-bond acceptors (Lipinski definition) is 2. The fraction of sp³-hybridized carbons (Fsp3) is 0.0476. The quantitative estimate of drug-likeness (QED) is 0.566. The van der Waals surface area contributed by atoms with Gasteiger partial charge in [-0.1, -0.05) is 24.3 Å². The third-order valence-electron chi connectivity index (χ3n) is 4.34. The van der Waals surface area contributed by atoms with Crippen molar-refractivity contribution in [3.8, 4) is 11.3 Å². The van der Waals surface area contributed by atoms with E-state index in [0.29, 0.717) is 11.2 Å². The maximum absolute atomic E-state index is 14.4. The number of halogens is 2. The van der Waals surface area contributed by atoms with Gasteiger partial charge in [-0.15, -0.1) is 0 Å². The lowest BCUT2D eigenvalue weighted by Gasteiger charge is -2.10. The van der Waals surface area contributed by atoms with Crippen LogP contribution in [0.5, 0.6) is 0 Å². The fourth-order valence-corrected chi connectivity index (χ4v) is 2.98. The highest BCUT2D eigenvalue weighted by atomic mass is 19.1. The van der Waals surface area contributed by atoms with Gasteiger partial charge in [0, 0.05) is 17.3 Å². The molecule has 4 rings (SSSR count). The van der Waals surface area contributed by atoms with Crippen molar-refractivity contribution in [1.29, 1.82) is 0 Å². The molecule has 0 unspecified atom stereocenters. The van der Waals surface area contributed by atoms with E-state index < -0.39 is 11.6 Å². The first-order chi connectivity index (χ1) is 13.0. The molecule has 6 heteroatoms. The molecular formula is C21H15F2N3O. The molecule has 1 N–H and O–H groups in total. The number of pyridine rings is 1. The van der Waals surface area contributed by atoms with Gasteiger partial charge in [0.2, 0.25) is 0 Å². The van der Waals surface area contributed by atoms with Crippen molar-refractivity contribution in [1.82, 2.24) is 9.38 Å². The number of imidazole rings is 1. The molecule has 2 aromatic carbocycles. The minimum Gasteiger partial charge on any atom is -0.306 e. The van der Waals surface area contributed by atoms with E-state index in [9.17, 15) is 13.6 Å². The molecule has 0 atom stereocenters. The van der Waals surface area contributed by atoms with Gasteiger partial charge in [0.1, 0.15) is 28.8 Å². The number of rotatable bonds is 3. The molecule has 0 bridgehead atoms.